The van der Waals surface area contributed by atoms with Crippen molar-refractivity contribution in [2.45, 2.75) is 24.3 Å². The summed E-state index contributed by atoms with van der Waals surface area (Å²) in [5.41, 5.74) is 1.45. The molecule has 3 rings (SSSR count). The van der Waals surface area contributed by atoms with Gasteiger partial charge < -0.3 is 4.74 Å². The molecular weight excluding hydrogens is 319 g/mol. The third-order valence-electron chi connectivity index (χ3n) is 3.83. The number of Topliss-reactive ketones (excluding diaryl/α,β-unsaturated/α-hetero) is 1. The third-order valence-corrected chi connectivity index (χ3v) is 4.94. The fraction of sp³-hybridized carbons (Fsp3) is 0.235. The molecule has 0 fully saturated rings. The molecule has 0 bridgehead atoms. The van der Waals surface area contributed by atoms with E-state index in [4.69, 9.17) is 4.74 Å². The Morgan fingerprint density at radius 2 is 1.96 bits per heavy atom. The number of hydrogen-bond donors (Lipinski definition) is 0. The molecule has 0 radical (unpaired) electrons. The van der Waals surface area contributed by atoms with Crippen molar-refractivity contribution in [3.63, 3.8) is 0 Å². The zero-order chi connectivity index (χ0) is 16.6. The summed E-state index contributed by atoms with van der Waals surface area (Å²) in [4.78, 5) is 11.8. The second-order valence-corrected chi connectivity index (χ2v) is 7.55. The van der Waals surface area contributed by atoms with Crippen molar-refractivity contribution in [3.8, 4) is 5.75 Å². The van der Waals surface area contributed by atoms with Crippen LogP contribution in [0.25, 0.3) is 0 Å². The predicted octanol–water partition coefficient (Wildman–Crippen LogP) is 2.94. The highest BCUT2D eigenvalue weighted by molar-refractivity contribution is 7.90. The van der Waals surface area contributed by atoms with Crippen LogP contribution in [-0.4, -0.2) is 20.5 Å². The molecule has 0 saturated heterocycles. The molecule has 2 aromatic rings. The first kappa shape index (κ1) is 15.7. The van der Waals surface area contributed by atoms with Gasteiger partial charge in [0.05, 0.1) is 4.90 Å². The van der Waals surface area contributed by atoms with Gasteiger partial charge in [-0.2, -0.15) is 0 Å². The standard InChI is InChI=1S/C17H15FO4S/c1-23(20,21)12-4-2-3-11(9-12)10-22-16-8-6-13-14(17(16)18)5-7-15(13)19/h2-4,6,8-9H,5,7,10H2,1H3. The summed E-state index contributed by atoms with van der Waals surface area (Å²) in [5.74, 6) is -0.484. The Morgan fingerprint density at radius 3 is 2.70 bits per heavy atom. The predicted molar refractivity (Wildman–Crippen MR) is 82.9 cm³/mol. The molecule has 0 spiro atoms. The van der Waals surface area contributed by atoms with Crippen LogP contribution < -0.4 is 4.74 Å². The van der Waals surface area contributed by atoms with Crippen molar-refractivity contribution in [2.75, 3.05) is 6.26 Å². The lowest BCUT2D eigenvalue weighted by Crippen LogP contribution is -2.03. The highest BCUT2D eigenvalue weighted by Crippen LogP contribution is 2.31. The maximum absolute atomic E-state index is 14.3. The molecule has 0 heterocycles. The van der Waals surface area contributed by atoms with Crippen molar-refractivity contribution in [1.29, 1.82) is 0 Å². The van der Waals surface area contributed by atoms with Crippen LogP contribution >= 0.6 is 0 Å². The molecule has 1 aliphatic carbocycles. The molecule has 0 saturated carbocycles. The van der Waals surface area contributed by atoms with Crippen molar-refractivity contribution in [3.05, 3.63) is 58.9 Å². The van der Waals surface area contributed by atoms with E-state index in [2.05, 4.69) is 0 Å². The minimum Gasteiger partial charge on any atom is -0.486 e. The minimum absolute atomic E-state index is 0.0486. The zero-order valence-corrected chi connectivity index (χ0v) is 13.3. The Morgan fingerprint density at radius 1 is 1.17 bits per heavy atom. The van der Waals surface area contributed by atoms with Gasteiger partial charge >= 0.3 is 0 Å². The summed E-state index contributed by atoms with van der Waals surface area (Å²) in [5, 5.41) is 0. The Balaban J connectivity index is 1.81. The van der Waals surface area contributed by atoms with Gasteiger partial charge in [0.25, 0.3) is 0 Å². The van der Waals surface area contributed by atoms with Crippen LogP contribution in [0.15, 0.2) is 41.3 Å². The summed E-state index contributed by atoms with van der Waals surface area (Å²) in [6.07, 6.45) is 1.84. The fourth-order valence-electron chi connectivity index (χ4n) is 2.62. The van der Waals surface area contributed by atoms with Crippen molar-refractivity contribution < 1.29 is 22.3 Å². The van der Waals surface area contributed by atoms with Gasteiger partial charge in [-0.3, -0.25) is 4.79 Å². The molecule has 23 heavy (non-hydrogen) atoms. The molecule has 4 nitrogen and oxygen atoms in total. The monoisotopic (exact) mass is 334 g/mol. The quantitative estimate of drug-likeness (QED) is 0.862. The van der Waals surface area contributed by atoms with Crippen molar-refractivity contribution >= 4 is 15.6 Å². The number of rotatable bonds is 4. The Kier molecular flexibility index (Phi) is 3.93. The number of ether oxygens (including phenoxy) is 1. The van der Waals surface area contributed by atoms with Crippen LogP contribution in [0.1, 0.15) is 27.9 Å². The second kappa shape index (κ2) is 5.77. The summed E-state index contributed by atoms with van der Waals surface area (Å²) in [7, 11) is -3.30. The smallest absolute Gasteiger partial charge is 0.175 e. The van der Waals surface area contributed by atoms with E-state index in [0.717, 1.165) is 6.26 Å². The fourth-order valence-corrected chi connectivity index (χ4v) is 3.31. The van der Waals surface area contributed by atoms with Crippen molar-refractivity contribution in [1.82, 2.24) is 0 Å². The molecule has 6 heteroatoms. The average molecular weight is 334 g/mol. The zero-order valence-electron chi connectivity index (χ0n) is 12.5. The number of benzene rings is 2. The lowest BCUT2D eigenvalue weighted by molar-refractivity contribution is 0.0994. The number of ketones is 1. The van der Waals surface area contributed by atoms with Crippen LogP contribution in [0.2, 0.25) is 0 Å². The third kappa shape index (κ3) is 3.12. The van der Waals surface area contributed by atoms with Gasteiger partial charge in [-0.25, -0.2) is 12.8 Å². The van der Waals surface area contributed by atoms with Crippen LogP contribution in [0, 0.1) is 5.82 Å². The first-order chi connectivity index (χ1) is 10.9. The lowest BCUT2D eigenvalue weighted by atomic mass is 10.1. The topological polar surface area (TPSA) is 60.4 Å². The maximum Gasteiger partial charge on any atom is 0.175 e. The van der Waals surface area contributed by atoms with Gasteiger partial charge in [-0.05, 0) is 36.2 Å². The summed E-state index contributed by atoms with van der Waals surface area (Å²) in [6, 6.07) is 9.36. The number of fused-ring (bicyclic) bond motifs is 1. The van der Waals surface area contributed by atoms with Gasteiger partial charge in [0.2, 0.25) is 0 Å². The van der Waals surface area contributed by atoms with E-state index in [1.807, 2.05) is 0 Å². The average Bonchev–Trinajstić information content (AvgIpc) is 2.88. The molecule has 0 aliphatic heterocycles. The highest BCUT2D eigenvalue weighted by atomic mass is 32.2. The van der Waals surface area contributed by atoms with Crippen LogP contribution in [-0.2, 0) is 22.9 Å². The molecular formula is C17H15FO4S. The maximum atomic E-state index is 14.3. The van der Waals surface area contributed by atoms with Crippen molar-refractivity contribution in [2.24, 2.45) is 0 Å². The van der Waals surface area contributed by atoms with E-state index in [1.54, 1.807) is 18.2 Å². The number of carbonyl (C=O) groups is 1. The van der Waals surface area contributed by atoms with Gasteiger partial charge in [0.15, 0.2) is 27.2 Å². The molecule has 0 amide bonds. The Bertz CT molecular complexity index is 887. The normalized spacial score (nSPS) is 13.9. The van der Waals surface area contributed by atoms with E-state index in [0.29, 0.717) is 29.5 Å². The van der Waals surface area contributed by atoms with E-state index in [9.17, 15) is 17.6 Å². The van der Waals surface area contributed by atoms with Gasteiger partial charge in [0.1, 0.15) is 6.61 Å². The molecule has 0 N–H and O–H groups in total. The van der Waals surface area contributed by atoms with Gasteiger partial charge in [-0.15, -0.1) is 0 Å². The van der Waals surface area contributed by atoms with Crippen LogP contribution in [0.4, 0.5) is 4.39 Å². The molecule has 0 unspecified atom stereocenters. The highest BCUT2D eigenvalue weighted by Gasteiger charge is 2.24. The van der Waals surface area contributed by atoms with Gasteiger partial charge in [-0.1, -0.05) is 12.1 Å². The van der Waals surface area contributed by atoms with Crippen LogP contribution in [0.3, 0.4) is 0 Å². The lowest BCUT2D eigenvalue weighted by Gasteiger charge is -2.10. The number of hydrogen-bond acceptors (Lipinski definition) is 4. The number of sulfone groups is 1. The van der Waals surface area contributed by atoms with Crippen LogP contribution in [0.5, 0.6) is 5.75 Å². The minimum atomic E-state index is -3.30. The second-order valence-electron chi connectivity index (χ2n) is 5.54. The molecule has 0 aromatic heterocycles. The molecule has 120 valence electrons. The Hall–Kier alpha value is -2.21. The first-order valence-electron chi connectivity index (χ1n) is 7.12. The first-order valence-corrected chi connectivity index (χ1v) is 9.02. The van der Waals surface area contributed by atoms with E-state index < -0.39 is 15.7 Å². The Labute approximate surface area is 133 Å². The molecule has 1 aliphatic rings. The summed E-state index contributed by atoms with van der Waals surface area (Å²) in [6.45, 7) is 0.0486. The summed E-state index contributed by atoms with van der Waals surface area (Å²) < 4.78 is 42.9. The number of carbonyl (C=O) groups excluding carboxylic acids is 1. The SMILES string of the molecule is CS(=O)(=O)c1cccc(COc2ccc3c(c2F)CCC3=O)c1. The molecule has 0 atom stereocenters. The molecule has 2 aromatic carbocycles. The summed E-state index contributed by atoms with van der Waals surface area (Å²) >= 11 is 0. The number of halogens is 1. The van der Waals surface area contributed by atoms with Gasteiger partial charge in [0, 0.05) is 23.8 Å². The largest absolute Gasteiger partial charge is 0.486 e. The van der Waals surface area contributed by atoms with E-state index in [-0.39, 0.29) is 23.0 Å². The van der Waals surface area contributed by atoms with E-state index in [1.165, 1.54) is 18.2 Å². The van der Waals surface area contributed by atoms with E-state index >= 15 is 0 Å².